The number of aromatic nitrogens is 2. The minimum atomic E-state index is -0.258. The van der Waals surface area contributed by atoms with E-state index in [1.165, 1.54) is 18.5 Å². The number of nitrogens with zero attached hydrogens (tertiary/aromatic N) is 2. The fourth-order valence-electron chi connectivity index (χ4n) is 5.60. The third kappa shape index (κ3) is 4.25. The number of anilines is 1. The predicted octanol–water partition coefficient (Wildman–Crippen LogP) is 4.45. The normalized spacial score (nSPS) is 20.0. The summed E-state index contributed by atoms with van der Waals surface area (Å²) in [5, 5.41) is 21.2. The molecule has 2 fully saturated rings. The predicted molar refractivity (Wildman–Crippen MR) is 140 cm³/mol. The van der Waals surface area contributed by atoms with E-state index in [-0.39, 0.29) is 18.6 Å². The quantitative estimate of drug-likeness (QED) is 0.362. The first-order valence-electron chi connectivity index (χ1n) is 12.6. The molecule has 2 saturated heterocycles. The Morgan fingerprint density at radius 3 is 2.53 bits per heavy atom. The van der Waals surface area contributed by atoms with Crippen molar-refractivity contribution in [2.75, 3.05) is 24.7 Å². The number of hydrogen-bond acceptors (Lipinski definition) is 5. The van der Waals surface area contributed by atoms with Crippen molar-refractivity contribution in [1.29, 1.82) is 0 Å². The topological polar surface area (TPSA) is 90.5 Å². The second-order valence-corrected chi connectivity index (χ2v) is 9.66. The molecule has 36 heavy (non-hydrogen) atoms. The van der Waals surface area contributed by atoms with E-state index in [1.807, 2.05) is 42.5 Å². The molecule has 1 amide bonds. The number of aromatic amines is 1. The van der Waals surface area contributed by atoms with Crippen LogP contribution >= 0.6 is 0 Å². The number of aliphatic hydroxyl groups excluding tert-OH is 1. The second-order valence-electron chi connectivity index (χ2n) is 9.66. The molecule has 3 atom stereocenters. The van der Waals surface area contributed by atoms with E-state index in [2.05, 4.69) is 44.7 Å². The molecule has 0 aliphatic carbocycles. The summed E-state index contributed by atoms with van der Waals surface area (Å²) in [6.07, 6.45) is 2.82. The molecule has 2 bridgehead atoms. The van der Waals surface area contributed by atoms with Gasteiger partial charge in [-0.3, -0.25) is 9.89 Å². The van der Waals surface area contributed by atoms with Gasteiger partial charge >= 0.3 is 0 Å². The Morgan fingerprint density at radius 1 is 1.06 bits per heavy atom. The zero-order chi connectivity index (χ0) is 24.5. The van der Waals surface area contributed by atoms with Gasteiger partial charge in [0.25, 0.3) is 5.91 Å². The lowest BCUT2D eigenvalue weighted by Gasteiger charge is -2.36. The summed E-state index contributed by atoms with van der Waals surface area (Å²) in [6.45, 7) is 1.60. The molecule has 0 radical (unpaired) electrons. The zero-order valence-electron chi connectivity index (χ0n) is 20.1. The molecule has 0 spiro atoms. The maximum Gasteiger partial charge on any atom is 0.251 e. The SMILES string of the molecule is O=C(NC(CCO)c1ccccc1)c1ccc2[nH]nc(-c3ccc(N4C5CCC4COC5)cc3)c2c1. The highest BCUT2D eigenvalue weighted by molar-refractivity contribution is 6.01. The second kappa shape index (κ2) is 9.76. The molecule has 2 aliphatic heterocycles. The van der Waals surface area contributed by atoms with Crippen molar-refractivity contribution in [2.24, 2.45) is 0 Å². The summed E-state index contributed by atoms with van der Waals surface area (Å²) in [5.74, 6) is -0.176. The Kier molecular flexibility index (Phi) is 6.17. The van der Waals surface area contributed by atoms with E-state index in [0.717, 1.165) is 40.9 Å². The minimum Gasteiger partial charge on any atom is -0.396 e. The standard InChI is InChI=1S/C29H30N4O3/c34-15-14-26(19-4-2-1-3-5-19)30-29(35)21-8-13-27-25(16-21)28(32-31-27)20-6-9-22(10-7-20)33-23-11-12-24(33)18-36-17-23/h1-10,13,16,23-24,26,34H,11-12,14-15,17-18H2,(H,30,35)(H,31,32). The Hall–Kier alpha value is -3.68. The number of ether oxygens (including phenoxy) is 1. The van der Waals surface area contributed by atoms with Crippen molar-refractivity contribution in [1.82, 2.24) is 15.5 Å². The number of aliphatic hydroxyl groups is 1. The lowest BCUT2D eigenvalue weighted by atomic mass is 10.0. The molecule has 3 N–H and O–H groups in total. The summed E-state index contributed by atoms with van der Waals surface area (Å²) in [5.41, 5.74) is 5.47. The molecular weight excluding hydrogens is 452 g/mol. The molecule has 3 unspecified atom stereocenters. The zero-order valence-corrected chi connectivity index (χ0v) is 20.1. The monoisotopic (exact) mass is 482 g/mol. The lowest BCUT2D eigenvalue weighted by Crippen LogP contribution is -2.45. The first-order valence-corrected chi connectivity index (χ1v) is 12.6. The highest BCUT2D eigenvalue weighted by Gasteiger charge is 2.37. The molecule has 7 heteroatoms. The first kappa shape index (κ1) is 22.8. The van der Waals surface area contributed by atoms with Crippen LogP contribution < -0.4 is 10.2 Å². The Labute approximate surface area is 210 Å². The third-order valence-electron chi connectivity index (χ3n) is 7.43. The number of amides is 1. The van der Waals surface area contributed by atoms with Crippen LogP contribution in [0.25, 0.3) is 22.2 Å². The first-order chi connectivity index (χ1) is 17.7. The summed E-state index contributed by atoms with van der Waals surface area (Å²) in [4.78, 5) is 15.7. The van der Waals surface area contributed by atoms with Gasteiger partial charge in [-0.1, -0.05) is 42.5 Å². The molecular formula is C29H30N4O3. The van der Waals surface area contributed by atoms with Gasteiger partial charge in [-0.2, -0.15) is 5.10 Å². The van der Waals surface area contributed by atoms with Crippen LogP contribution in [-0.4, -0.2) is 53.1 Å². The molecule has 4 aromatic rings. The lowest BCUT2D eigenvalue weighted by molar-refractivity contribution is 0.0906. The van der Waals surface area contributed by atoms with Crippen LogP contribution in [0, 0.1) is 0 Å². The number of carbonyl (C=O) groups excluding carboxylic acids is 1. The Bertz CT molecular complexity index is 1340. The minimum absolute atomic E-state index is 0.00725. The van der Waals surface area contributed by atoms with Gasteiger partial charge in [0.05, 0.1) is 42.5 Å². The molecule has 0 saturated carbocycles. The van der Waals surface area contributed by atoms with Gasteiger partial charge < -0.3 is 20.1 Å². The van der Waals surface area contributed by atoms with E-state index in [9.17, 15) is 9.90 Å². The number of carbonyl (C=O) groups is 1. The van der Waals surface area contributed by atoms with Crippen LogP contribution in [0.5, 0.6) is 0 Å². The van der Waals surface area contributed by atoms with Crippen LogP contribution in [0.2, 0.25) is 0 Å². The smallest absolute Gasteiger partial charge is 0.251 e. The van der Waals surface area contributed by atoms with Crippen LogP contribution in [0.15, 0.2) is 72.8 Å². The van der Waals surface area contributed by atoms with Gasteiger partial charge in [0.1, 0.15) is 0 Å². The van der Waals surface area contributed by atoms with Crippen LogP contribution in [-0.2, 0) is 4.74 Å². The van der Waals surface area contributed by atoms with Gasteiger partial charge in [-0.15, -0.1) is 0 Å². The van der Waals surface area contributed by atoms with Gasteiger partial charge in [0.2, 0.25) is 0 Å². The molecule has 1 aromatic heterocycles. The highest BCUT2D eigenvalue weighted by atomic mass is 16.5. The van der Waals surface area contributed by atoms with E-state index < -0.39 is 0 Å². The van der Waals surface area contributed by atoms with Gasteiger partial charge in [-0.25, -0.2) is 0 Å². The average Bonchev–Trinajstić information content (AvgIpc) is 3.45. The van der Waals surface area contributed by atoms with Crippen molar-refractivity contribution in [3.63, 3.8) is 0 Å². The molecule has 7 nitrogen and oxygen atoms in total. The number of fused-ring (bicyclic) bond motifs is 3. The average molecular weight is 483 g/mol. The molecule has 3 aromatic carbocycles. The van der Waals surface area contributed by atoms with Crippen LogP contribution in [0.4, 0.5) is 5.69 Å². The number of nitrogens with one attached hydrogen (secondary N) is 2. The summed E-state index contributed by atoms with van der Waals surface area (Å²) in [7, 11) is 0. The number of benzene rings is 3. The fraction of sp³-hybridized carbons (Fsp3) is 0.310. The van der Waals surface area contributed by atoms with Crippen molar-refractivity contribution in [3.8, 4) is 11.3 Å². The molecule has 3 heterocycles. The summed E-state index contributed by atoms with van der Waals surface area (Å²) >= 11 is 0. The largest absolute Gasteiger partial charge is 0.396 e. The molecule has 6 rings (SSSR count). The van der Waals surface area contributed by atoms with Crippen molar-refractivity contribution in [3.05, 3.63) is 83.9 Å². The third-order valence-corrected chi connectivity index (χ3v) is 7.43. The van der Waals surface area contributed by atoms with E-state index in [0.29, 0.717) is 24.1 Å². The molecule has 2 aliphatic rings. The number of hydrogen-bond donors (Lipinski definition) is 3. The summed E-state index contributed by atoms with van der Waals surface area (Å²) in [6, 6.07) is 24.6. The highest BCUT2D eigenvalue weighted by Crippen LogP contribution is 2.35. The fourth-order valence-corrected chi connectivity index (χ4v) is 5.60. The van der Waals surface area contributed by atoms with Crippen molar-refractivity contribution >= 4 is 22.5 Å². The van der Waals surface area contributed by atoms with Gasteiger partial charge in [-0.05, 0) is 55.2 Å². The summed E-state index contributed by atoms with van der Waals surface area (Å²) < 4.78 is 5.73. The van der Waals surface area contributed by atoms with Crippen molar-refractivity contribution in [2.45, 2.75) is 37.4 Å². The molecule has 184 valence electrons. The van der Waals surface area contributed by atoms with Gasteiger partial charge in [0.15, 0.2) is 0 Å². The van der Waals surface area contributed by atoms with E-state index >= 15 is 0 Å². The van der Waals surface area contributed by atoms with E-state index in [4.69, 9.17) is 4.74 Å². The Balaban J connectivity index is 1.25. The number of H-pyrrole nitrogens is 1. The number of morpholine rings is 1. The van der Waals surface area contributed by atoms with Crippen LogP contribution in [0.1, 0.15) is 41.2 Å². The van der Waals surface area contributed by atoms with Crippen molar-refractivity contribution < 1.29 is 14.6 Å². The maximum absolute atomic E-state index is 13.2. The number of rotatable bonds is 7. The van der Waals surface area contributed by atoms with Crippen LogP contribution in [0.3, 0.4) is 0 Å². The van der Waals surface area contributed by atoms with Gasteiger partial charge in [0, 0.05) is 28.8 Å². The van der Waals surface area contributed by atoms with E-state index in [1.54, 1.807) is 6.07 Å². The Morgan fingerprint density at radius 2 is 1.81 bits per heavy atom. The maximum atomic E-state index is 13.2.